The zero-order valence-corrected chi connectivity index (χ0v) is 8.21. The van der Waals surface area contributed by atoms with Crippen LogP contribution >= 0.6 is 0 Å². The van der Waals surface area contributed by atoms with Crippen LogP contribution in [0.4, 0.5) is 0 Å². The average molecular weight is 190 g/mol. The average Bonchev–Trinajstić information content (AvgIpc) is 2.41. The Morgan fingerprint density at radius 1 is 1.42 bits per heavy atom. The van der Waals surface area contributed by atoms with Gasteiger partial charge in [-0.3, -0.25) is 0 Å². The number of likely N-dealkylation sites (N-methyl/N-ethyl adjacent to an activating group) is 1. The van der Waals surface area contributed by atoms with Crippen LogP contribution in [0.1, 0.15) is 13.3 Å². The molecule has 5 heteroatoms. The van der Waals surface area contributed by atoms with Gasteiger partial charge in [-0.05, 0) is 12.3 Å². The van der Waals surface area contributed by atoms with Crippen LogP contribution in [0.15, 0.2) is 0 Å². The first-order chi connectivity index (χ1) is 5.53. The van der Waals surface area contributed by atoms with E-state index in [-0.39, 0.29) is 6.04 Å². The van der Waals surface area contributed by atoms with Gasteiger partial charge in [0.25, 0.3) is 10.2 Å². The molecule has 0 amide bonds. The highest BCUT2D eigenvalue weighted by molar-refractivity contribution is 7.87. The van der Waals surface area contributed by atoms with Crippen molar-refractivity contribution in [2.45, 2.75) is 19.4 Å². The lowest BCUT2D eigenvalue weighted by atomic mass is 10.0. The molecule has 0 spiro atoms. The van der Waals surface area contributed by atoms with Crippen molar-refractivity contribution in [2.75, 3.05) is 20.1 Å². The third kappa shape index (κ3) is 0.932. The molecule has 0 N–H and O–H groups in total. The highest BCUT2D eigenvalue weighted by Gasteiger charge is 2.47. The largest absolute Gasteiger partial charge is 0.282 e. The molecular weight excluding hydrogens is 176 g/mol. The van der Waals surface area contributed by atoms with Crippen molar-refractivity contribution in [3.63, 3.8) is 0 Å². The molecule has 2 saturated heterocycles. The van der Waals surface area contributed by atoms with E-state index in [1.54, 1.807) is 11.4 Å². The minimum absolute atomic E-state index is 0.236. The predicted molar refractivity (Wildman–Crippen MR) is 45.8 cm³/mol. The summed E-state index contributed by atoms with van der Waals surface area (Å²) in [6.45, 7) is 3.50. The fourth-order valence-electron chi connectivity index (χ4n) is 2.07. The Labute approximate surface area is 73.3 Å². The van der Waals surface area contributed by atoms with E-state index in [2.05, 4.69) is 6.92 Å². The van der Waals surface area contributed by atoms with Crippen LogP contribution in [-0.2, 0) is 10.2 Å². The Morgan fingerprint density at radius 2 is 2.08 bits per heavy atom. The van der Waals surface area contributed by atoms with Crippen molar-refractivity contribution in [3.05, 3.63) is 0 Å². The van der Waals surface area contributed by atoms with Crippen LogP contribution in [0.5, 0.6) is 0 Å². The maximum Gasteiger partial charge on any atom is 0.282 e. The summed E-state index contributed by atoms with van der Waals surface area (Å²) >= 11 is 0. The van der Waals surface area contributed by atoms with Gasteiger partial charge in [0.1, 0.15) is 0 Å². The van der Waals surface area contributed by atoms with Crippen molar-refractivity contribution in [2.24, 2.45) is 5.92 Å². The number of hydrogen-bond donors (Lipinski definition) is 0. The predicted octanol–water partition coefficient (Wildman–Crippen LogP) is -0.113. The second-order valence-electron chi connectivity index (χ2n) is 3.73. The fourth-order valence-corrected chi connectivity index (χ4v) is 3.72. The van der Waals surface area contributed by atoms with Gasteiger partial charge in [-0.2, -0.15) is 17.0 Å². The monoisotopic (exact) mass is 190 g/mol. The maximum absolute atomic E-state index is 11.6. The van der Waals surface area contributed by atoms with E-state index >= 15 is 0 Å². The summed E-state index contributed by atoms with van der Waals surface area (Å²) in [7, 11) is -1.42. The summed E-state index contributed by atoms with van der Waals surface area (Å²) in [5.41, 5.74) is 0. The first kappa shape index (κ1) is 8.47. The normalized spacial score (nSPS) is 41.8. The molecule has 0 bridgehead atoms. The number of hydrogen-bond acceptors (Lipinski definition) is 2. The molecule has 2 unspecified atom stereocenters. The van der Waals surface area contributed by atoms with E-state index < -0.39 is 10.2 Å². The van der Waals surface area contributed by atoms with Gasteiger partial charge in [-0.25, -0.2) is 0 Å². The van der Waals surface area contributed by atoms with Gasteiger partial charge in [0.15, 0.2) is 0 Å². The van der Waals surface area contributed by atoms with Crippen LogP contribution < -0.4 is 0 Å². The Balaban J connectivity index is 2.34. The molecule has 2 rings (SSSR count). The van der Waals surface area contributed by atoms with Gasteiger partial charge in [0.2, 0.25) is 0 Å². The molecule has 2 aliphatic heterocycles. The molecule has 2 heterocycles. The summed E-state index contributed by atoms with van der Waals surface area (Å²) in [6.07, 6.45) is 1.01. The van der Waals surface area contributed by atoms with E-state index in [0.717, 1.165) is 6.42 Å². The topological polar surface area (TPSA) is 40.6 Å². The van der Waals surface area contributed by atoms with Gasteiger partial charge < -0.3 is 0 Å². The molecule has 0 radical (unpaired) electrons. The fraction of sp³-hybridized carbons (Fsp3) is 1.00. The molecule has 4 nitrogen and oxygen atoms in total. The van der Waals surface area contributed by atoms with Gasteiger partial charge in [0.05, 0.1) is 0 Å². The smallest absolute Gasteiger partial charge is 0.195 e. The van der Waals surface area contributed by atoms with Gasteiger partial charge in [-0.1, -0.05) is 6.92 Å². The minimum atomic E-state index is -3.07. The maximum atomic E-state index is 11.6. The lowest BCUT2D eigenvalue weighted by Crippen LogP contribution is -2.31. The Bertz CT molecular complexity index is 288. The third-order valence-corrected chi connectivity index (χ3v) is 4.95. The molecule has 0 saturated carbocycles. The van der Waals surface area contributed by atoms with Crippen molar-refractivity contribution < 1.29 is 8.42 Å². The Morgan fingerprint density at radius 3 is 2.67 bits per heavy atom. The molecule has 2 atom stereocenters. The number of rotatable bonds is 0. The summed E-state index contributed by atoms with van der Waals surface area (Å²) < 4.78 is 26.2. The second kappa shape index (κ2) is 2.43. The van der Waals surface area contributed by atoms with Crippen LogP contribution in [0, 0.1) is 5.92 Å². The van der Waals surface area contributed by atoms with E-state index in [1.807, 2.05) is 0 Å². The lowest BCUT2D eigenvalue weighted by Gasteiger charge is -2.13. The SMILES string of the molecule is CC1CCN2C1CN(C)S2(=O)=O. The quantitative estimate of drug-likeness (QED) is 0.534. The zero-order valence-electron chi connectivity index (χ0n) is 7.40. The Kier molecular flexibility index (Phi) is 1.72. The highest BCUT2D eigenvalue weighted by atomic mass is 32.2. The standard InChI is InChI=1S/C7H14N2O2S/c1-6-3-4-9-7(6)5-8(2)12(9,10)11/h6-7H,3-5H2,1-2H3. The van der Waals surface area contributed by atoms with E-state index in [9.17, 15) is 8.42 Å². The Hall–Kier alpha value is -0.130. The molecule has 2 aliphatic rings. The van der Waals surface area contributed by atoms with Crippen molar-refractivity contribution in [3.8, 4) is 0 Å². The van der Waals surface area contributed by atoms with Crippen molar-refractivity contribution in [1.29, 1.82) is 0 Å². The van der Waals surface area contributed by atoms with E-state index in [0.29, 0.717) is 19.0 Å². The van der Waals surface area contributed by atoms with Gasteiger partial charge in [0, 0.05) is 26.2 Å². The summed E-state index contributed by atoms with van der Waals surface area (Å²) in [5, 5.41) is 0. The number of fused-ring (bicyclic) bond motifs is 1. The molecule has 0 aromatic carbocycles. The van der Waals surface area contributed by atoms with Crippen LogP contribution in [0.3, 0.4) is 0 Å². The van der Waals surface area contributed by atoms with Gasteiger partial charge >= 0.3 is 0 Å². The van der Waals surface area contributed by atoms with Crippen molar-refractivity contribution >= 4 is 10.2 Å². The minimum Gasteiger partial charge on any atom is -0.195 e. The van der Waals surface area contributed by atoms with Crippen molar-refractivity contribution in [1.82, 2.24) is 8.61 Å². The highest BCUT2D eigenvalue weighted by Crippen LogP contribution is 2.33. The third-order valence-electron chi connectivity index (χ3n) is 2.97. The van der Waals surface area contributed by atoms with Crippen LogP contribution in [-0.4, -0.2) is 43.2 Å². The lowest BCUT2D eigenvalue weighted by molar-refractivity contribution is 0.373. The molecule has 0 aromatic heterocycles. The molecule has 0 aliphatic carbocycles. The molecule has 0 aromatic rings. The summed E-state index contributed by atoms with van der Waals surface area (Å²) in [4.78, 5) is 0. The van der Waals surface area contributed by atoms with Gasteiger partial charge in [-0.15, -0.1) is 0 Å². The molecule has 12 heavy (non-hydrogen) atoms. The summed E-state index contributed by atoms with van der Waals surface area (Å²) in [6, 6.07) is 0.236. The van der Waals surface area contributed by atoms with E-state index in [1.165, 1.54) is 4.31 Å². The van der Waals surface area contributed by atoms with E-state index in [4.69, 9.17) is 0 Å². The van der Waals surface area contributed by atoms with Crippen LogP contribution in [0.2, 0.25) is 0 Å². The van der Waals surface area contributed by atoms with Crippen LogP contribution in [0.25, 0.3) is 0 Å². The molecule has 2 fully saturated rings. The summed E-state index contributed by atoms with van der Waals surface area (Å²) in [5.74, 6) is 0.518. The second-order valence-corrected chi connectivity index (χ2v) is 5.72. The molecular formula is C7H14N2O2S. The zero-order chi connectivity index (χ0) is 8.93. The first-order valence-electron chi connectivity index (χ1n) is 4.26. The first-order valence-corrected chi connectivity index (χ1v) is 5.66. The molecule has 70 valence electrons. The number of nitrogens with zero attached hydrogens (tertiary/aromatic N) is 2.